The van der Waals surface area contributed by atoms with E-state index < -0.39 is 0 Å². The predicted octanol–water partition coefficient (Wildman–Crippen LogP) is 2.49. The van der Waals surface area contributed by atoms with Crippen LogP contribution >= 0.6 is 0 Å². The summed E-state index contributed by atoms with van der Waals surface area (Å²) in [6.45, 7) is 4.23. The molecule has 0 aromatic carbocycles. The molecule has 5 rings (SSSR count). The van der Waals surface area contributed by atoms with Gasteiger partial charge >= 0.3 is 0 Å². The van der Waals surface area contributed by atoms with Crippen LogP contribution in [0.2, 0.25) is 0 Å². The number of nitrogens with one attached hydrogen (secondary N) is 1. The van der Waals surface area contributed by atoms with Gasteiger partial charge < -0.3 is 5.32 Å². The molecule has 5 heteroatoms. The minimum absolute atomic E-state index is 0.0351. The molecule has 5 nitrogen and oxygen atoms in total. The molecule has 0 unspecified atom stereocenters. The van der Waals surface area contributed by atoms with Crippen molar-refractivity contribution in [2.75, 3.05) is 0 Å². The second-order valence-corrected chi connectivity index (χ2v) is 8.09. The molecular weight excluding hydrogens is 276 g/mol. The van der Waals surface area contributed by atoms with Crippen LogP contribution in [0.4, 0.5) is 0 Å². The Morgan fingerprint density at radius 2 is 2.09 bits per heavy atom. The zero-order valence-corrected chi connectivity index (χ0v) is 13.6. The minimum atomic E-state index is -0.167. The van der Waals surface area contributed by atoms with Crippen LogP contribution in [0.3, 0.4) is 0 Å². The van der Waals surface area contributed by atoms with Crippen LogP contribution in [0.1, 0.15) is 58.8 Å². The largest absolute Gasteiger partial charge is 0.353 e. The van der Waals surface area contributed by atoms with Crippen LogP contribution in [0, 0.1) is 17.3 Å². The van der Waals surface area contributed by atoms with Crippen molar-refractivity contribution in [2.45, 2.75) is 70.4 Å². The quantitative estimate of drug-likeness (QED) is 0.929. The van der Waals surface area contributed by atoms with Gasteiger partial charge in [-0.3, -0.25) is 4.79 Å². The Kier molecular flexibility index (Phi) is 3.10. The van der Waals surface area contributed by atoms with E-state index in [1.807, 2.05) is 6.33 Å². The van der Waals surface area contributed by atoms with Gasteiger partial charge in [-0.2, -0.15) is 5.10 Å². The molecule has 1 N–H and O–H groups in total. The van der Waals surface area contributed by atoms with E-state index in [1.54, 1.807) is 6.33 Å². The van der Waals surface area contributed by atoms with Gasteiger partial charge in [-0.1, -0.05) is 6.92 Å². The standard InChI is InChI=1S/C17H26N4O/c1-3-12(2)20-15(22)16-5-13-4-14(6-16)8-17(7-13,9-16)21-11-18-10-19-21/h10-14H,3-9H2,1-2H3,(H,20,22)/t12-,13+,14+,16?,17?/m1/s1. The number of hydrogen-bond acceptors (Lipinski definition) is 3. The summed E-state index contributed by atoms with van der Waals surface area (Å²) in [7, 11) is 0. The van der Waals surface area contributed by atoms with Crippen LogP contribution in [0.25, 0.3) is 0 Å². The number of carbonyl (C=O) groups is 1. The highest BCUT2D eigenvalue weighted by Gasteiger charge is 2.61. The molecule has 3 atom stereocenters. The molecule has 1 amide bonds. The average molecular weight is 302 g/mol. The Morgan fingerprint density at radius 1 is 1.36 bits per heavy atom. The SMILES string of the molecule is CC[C@@H](C)NC(=O)C12C[C@@H]3C[C@@H](C1)CC(n1cncn1)(C3)C2. The van der Waals surface area contributed by atoms with Gasteiger partial charge in [-0.15, -0.1) is 0 Å². The van der Waals surface area contributed by atoms with E-state index in [-0.39, 0.29) is 17.0 Å². The van der Waals surface area contributed by atoms with E-state index in [0.717, 1.165) is 25.7 Å². The number of nitrogens with zero attached hydrogens (tertiary/aromatic N) is 3. The second kappa shape index (κ2) is 4.80. The maximum atomic E-state index is 13.0. The van der Waals surface area contributed by atoms with E-state index >= 15 is 0 Å². The third-order valence-electron chi connectivity index (χ3n) is 6.41. The van der Waals surface area contributed by atoms with E-state index in [4.69, 9.17) is 0 Å². The summed E-state index contributed by atoms with van der Waals surface area (Å²) >= 11 is 0. The van der Waals surface area contributed by atoms with Crippen LogP contribution in [0.5, 0.6) is 0 Å². The van der Waals surface area contributed by atoms with Crippen LogP contribution in [-0.4, -0.2) is 26.7 Å². The molecule has 0 radical (unpaired) electrons. The Hall–Kier alpha value is -1.39. The predicted molar refractivity (Wildman–Crippen MR) is 83.0 cm³/mol. The van der Waals surface area contributed by atoms with E-state index in [2.05, 4.69) is 33.9 Å². The van der Waals surface area contributed by atoms with Gasteiger partial charge in [0.1, 0.15) is 12.7 Å². The van der Waals surface area contributed by atoms with Gasteiger partial charge in [0.2, 0.25) is 5.91 Å². The molecule has 4 fully saturated rings. The summed E-state index contributed by atoms with van der Waals surface area (Å²) in [5.41, 5.74) is -0.132. The van der Waals surface area contributed by atoms with Crippen molar-refractivity contribution in [2.24, 2.45) is 17.3 Å². The Balaban J connectivity index is 1.66. The monoisotopic (exact) mass is 302 g/mol. The molecule has 1 aromatic heterocycles. The normalized spacial score (nSPS) is 40.6. The third-order valence-corrected chi connectivity index (χ3v) is 6.41. The molecule has 4 saturated carbocycles. The number of carbonyl (C=O) groups excluding carboxylic acids is 1. The molecule has 0 saturated heterocycles. The maximum absolute atomic E-state index is 13.0. The summed E-state index contributed by atoms with van der Waals surface area (Å²) < 4.78 is 2.07. The summed E-state index contributed by atoms with van der Waals surface area (Å²) in [6, 6.07) is 0.267. The number of aromatic nitrogens is 3. The van der Waals surface area contributed by atoms with E-state index in [1.165, 1.54) is 19.3 Å². The molecule has 4 bridgehead atoms. The molecule has 4 aliphatic carbocycles. The Labute approximate surface area is 131 Å². The summed E-state index contributed by atoms with van der Waals surface area (Å²) in [6.07, 6.45) is 11.2. The number of rotatable bonds is 4. The minimum Gasteiger partial charge on any atom is -0.353 e. The molecule has 1 heterocycles. The van der Waals surface area contributed by atoms with Gasteiger partial charge in [0.25, 0.3) is 0 Å². The lowest BCUT2D eigenvalue weighted by Gasteiger charge is -2.61. The summed E-state index contributed by atoms with van der Waals surface area (Å²) in [4.78, 5) is 17.2. The van der Waals surface area contributed by atoms with Crippen molar-refractivity contribution in [3.8, 4) is 0 Å². The van der Waals surface area contributed by atoms with Crippen molar-refractivity contribution in [1.82, 2.24) is 20.1 Å². The third kappa shape index (κ3) is 2.01. The van der Waals surface area contributed by atoms with Crippen LogP contribution in [0.15, 0.2) is 12.7 Å². The molecule has 0 aliphatic heterocycles. The lowest BCUT2D eigenvalue weighted by molar-refractivity contribution is -0.156. The molecule has 0 spiro atoms. The number of hydrogen-bond donors (Lipinski definition) is 1. The van der Waals surface area contributed by atoms with Crippen LogP contribution < -0.4 is 5.32 Å². The summed E-state index contributed by atoms with van der Waals surface area (Å²) in [5, 5.41) is 7.71. The zero-order valence-electron chi connectivity index (χ0n) is 13.6. The van der Waals surface area contributed by atoms with Gasteiger partial charge in [0.05, 0.1) is 11.0 Å². The van der Waals surface area contributed by atoms with Gasteiger partial charge in [0, 0.05) is 6.04 Å². The topological polar surface area (TPSA) is 59.8 Å². The van der Waals surface area contributed by atoms with Gasteiger partial charge in [-0.25, -0.2) is 9.67 Å². The van der Waals surface area contributed by atoms with Gasteiger partial charge in [-0.05, 0) is 63.7 Å². The summed E-state index contributed by atoms with van der Waals surface area (Å²) in [5.74, 6) is 1.64. The van der Waals surface area contributed by atoms with Crippen molar-refractivity contribution in [3.05, 3.63) is 12.7 Å². The zero-order chi connectivity index (χ0) is 15.4. The average Bonchev–Trinajstić information content (AvgIpc) is 3.00. The fourth-order valence-electron chi connectivity index (χ4n) is 5.68. The first-order valence-electron chi connectivity index (χ1n) is 8.71. The molecule has 4 aliphatic rings. The first-order chi connectivity index (χ1) is 10.6. The molecular formula is C17H26N4O. The first-order valence-corrected chi connectivity index (χ1v) is 8.71. The van der Waals surface area contributed by atoms with Crippen LogP contribution in [-0.2, 0) is 10.3 Å². The van der Waals surface area contributed by atoms with Gasteiger partial charge in [0.15, 0.2) is 0 Å². The molecule has 120 valence electrons. The first kappa shape index (κ1) is 14.2. The fourth-order valence-corrected chi connectivity index (χ4v) is 5.68. The highest BCUT2D eigenvalue weighted by Crippen LogP contribution is 2.64. The molecule has 1 aromatic rings. The van der Waals surface area contributed by atoms with E-state index in [0.29, 0.717) is 17.7 Å². The van der Waals surface area contributed by atoms with Crippen molar-refractivity contribution >= 4 is 5.91 Å². The smallest absolute Gasteiger partial charge is 0.226 e. The fraction of sp³-hybridized carbons (Fsp3) is 0.824. The number of amides is 1. The van der Waals surface area contributed by atoms with Crippen molar-refractivity contribution in [3.63, 3.8) is 0 Å². The Morgan fingerprint density at radius 3 is 2.68 bits per heavy atom. The highest BCUT2D eigenvalue weighted by atomic mass is 16.2. The van der Waals surface area contributed by atoms with Crippen molar-refractivity contribution < 1.29 is 4.79 Å². The van der Waals surface area contributed by atoms with E-state index in [9.17, 15) is 4.79 Å². The molecule has 22 heavy (non-hydrogen) atoms. The lowest BCUT2D eigenvalue weighted by Crippen LogP contribution is -2.61. The second-order valence-electron chi connectivity index (χ2n) is 8.09. The van der Waals surface area contributed by atoms with Crippen molar-refractivity contribution in [1.29, 1.82) is 0 Å². The lowest BCUT2D eigenvalue weighted by atomic mass is 9.46. The highest BCUT2D eigenvalue weighted by molar-refractivity contribution is 5.83. The maximum Gasteiger partial charge on any atom is 0.226 e. The Bertz CT molecular complexity index is 553.